The van der Waals surface area contributed by atoms with Crippen molar-refractivity contribution in [2.45, 2.75) is 71.8 Å². The summed E-state index contributed by atoms with van der Waals surface area (Å²) in [6, 6.07) is 0. The van der Waals surface area contributed by atoms with Gasteiger partial charge < -0.3 is 9.90 Å². The highest BCUT2D eigenvalue weighted by Gasteiger charge is 2.07. The first kappa shape index (κ1) is 14.6. The van der Waals surface area contributed by atoms with E-state index >= 15 is 0 Å². The first-order valence-electron chi connectivity index (χ1n) is 6.21. The molecule has 0 aliphatic carbocycles. The fourth-order valence-electron chi connectivity index (χ4n) is 1.61. The molecular weight excluding hydrogens is 188 g/mol. The quantitative estimate of drug-likeness (QED) is 0.598. The zero-order valence-electron chi connectivity index (χ0n) is 10.5. The Kier molecular flexibility index (Phi) is 8.68. The van der Waals surface area contributed by atoms with Crippen molar-refractivity contribution >= 4 is 5.78 Å². The number of unbranched alkanes of at least 4 members (excludes halogenated alkanes) is 4. The van der Waals surface area contributed by atoms with E-state index in [2.05, 4.69) is 6.92 Å². The van der Waals surface area contributed by atoms with Crippen LogP contribution in [-0.4, -0.2) is 17.0 Å². The van der Waals surface area contributed by atoms with Gasteiger partial charge in [-0.25, -0.2) is 0 Å². The van der Waals surface area contributed by atoms with Gasteiger partial charge in [0.05, 0.1) is 6.10 Å². The van der Waals surface area contributed by atoms with Gasteiger partial charge in [-0.05, 0) is 32.6 Å². The Hall–Kier alpha value is -0.370. The maximum Gasteiger partial charge on any atom is 0.129 e. The Morgan fingerprint density at radius 1 is 1.07 bits per heavy atom. The Morgan fingerprint density at radius 3 is 2.13 bits per heavy atom. The van der Waals surface area contributed by atoms with Gasteiger partial charge in [0.25, 0.3) is 0 Å². The Balaban J connectivity index is 3.15. The molecule has 0 aromatic rings. The predicted octanol–water partition coefficient (Wildman–Crippen LogP) is 3.32. The second kappa shape index (κ2) is 8.90. The van der Waals surface area contributed by atoms with Gasteiger partial charge in [-0.2, -0.15) is 0 Å². The summed E-state index contributed by atoms with van der Waals surface area (Å²) >= 11 is 0. The fraction of sp³-hybridized carbons (Fsp3) is 0.923. The molecule has 0 heterocycles. The number of carbonyl (C=O) groups is 1. The minimum atomic E-state index is -0.178. The zero-order chi connectivity index (χ0) is 11.7. The SMILES string of the molecule is CC(=O)CCCCCCC[C@@H](C)[C@H](C)O. The molecular formula is C13H26O2. The van der Waals surface area contributed by atoms with Crippen LogP contribution in [0.4, 0.5) is 0 Å². The van der Waals surface area contributed by atoms with Gasteiger partial charge in [-0.15, -0.1) is 0 Å². The van der Waals surface area contributed by atoms with Gasteiger partial charge >= 0.3 is 0 Å². The average molecular weight is 214 g/mol. The van der Waals surface area contributed by atoms with Crippen molar-refractivity contribution in [2.24, 2.45) is 5.92 Å². The zero-order valence-corrected chi connectivity index (χ0v) is 10.5. The largest absolute Gasteiger partial charge is 0.393 e. The molecule has 0 fully saturated rings. The van der Waals surface area contributed by atoms with Crippen molar-refractivity contribution in [1.82, 2.24) is 0 Å². The highest BCUT2D eigenvalue weighted by atomic mass is 16.3. The molecule has 90 valence electrons. The van der Waals surface area contributed by atoms with Gasteiger partial charge in [0.15, 0.2) is 0 Å². The van der Waals surface area contributed by atoms with Gasteiger partial charge in [0.2, 0.25) is 0 Å². The second-order valence-corrected chi connectivity index (χ2v) is 4.73. The molecule has 15 heavy (non-hydrogen) atoms. The second-order valence-electron chi connectivity index (χ2n) is 4.73. The molecule has 2 atom stereocenters. The summed E-state index contributed by atoms with van der Waals surface area (Å²) in [6.07, 6.45) is 7.54. The Labute approximate surface area is 94.1 Å². The lowest BCUT2D eigenvalue weighted by Crippen LogP contribution is -2.12. The van der Waals surface area contributed by atoms with Crippen LogP contribution in [0.1, 0.15) is 65.7 Å². The van der Waals surface area contributed by atoms with Crippen LogP contribution < -0.4 is 0 Å². The first-order chi connectivity index (χ1) is 7.04. The summed E-state index contributed by atoms with van der Waals surface area (Å²) in [5.74, 6) is 0.722. The number of ketones is 1. The van der Waals surface area contributed by atoms with Crippen LogP contribution in [0.2, 0.25) is 0 Å². The topological polar surface area (TPSA) is 37.3 Å². The lowest BCUT2D eigenvalue weighted by Gasteiger charge is -2.13. The standard InChI is InChI=1S/C13H26O2/c1-11(13(3)15)9-7-5-4-6-8-10-12(2)14/h11,13,15H,4-10H2,1-3H3/t11-,13+/m1/s1. The summed E-state index contributed by atoms with van der Waals surface area (Å²) in [5.41, 5.74) is 0. The molecule has 0 aromatic carbocycles. The van der Waals surface area contributed by atoms with Gasteiger partial charge in [0, 0.05) is 6.42 Å². The molecule has 0 saturated heterocycles. The molecule has 0 radical (unpaired) electrons. The van der Waals surface area contributed by atoms with Crippen molar-refractivity contribution in [3.05, 3.63) is 0 Å². The minimum Gasteiger partial charge on any atom is -0.393 e. The molecule has 0 aromatic heterocycles. The average Bonchev–Trinajstić information content (AvgIpc) is 2.15. The van der Waals surface area contributed by atoms with Crippen LogP contribution in [-0.2, 0) is 4.79 Å². The van der Waals surface area contributed by atoms with Crippen molar-refractivity contribution in [2.75, 3.05) is 0 Å². The fourth-order valence-corrected chi connectivity index (χ4v) is 1.61. The number of Topliss-reactive ketones (excluding diaryl/α,β-unsaturated/α-hetero) is 1. The number of carbonyl (C=O) groups excluding carboxylic acids is 1. The van der Waals surface area contributed by atoms with E-state index in [-0.39, 0.29) is 6.10 Å². The van der Waals surface area contributed by atoms with Gasteiger partial charge in [-0.1, -0.05) is 32.6 Å². The number of hydrogen-bond donors (Lipinski definition) is 1. The van der Waals surface area contributed by atoms with E-state index in [1.165, 1.54) is 25.7 Å². The van der Waals surface area contributed by atoms with Crippen molar-refractivity contribution in [3.63, 3.8) is 0 Å². The summed E-state index contributed by atoms with van der Waals surface area (Å²) < 4.78 is 0. The lowest BCUT2D eigenvalue weighted by molar-refractivity contribution is -0.117. The highest BCUT2D eigenvalue weighted by Crippen LogP contribution is 2.14. The van der Waals surface area contributed by atoms with E-state index in [9.17, 15) is 9.90 Å². The van der Waals surface area contributed by atoms with Crippen LogP contribution in [0, 0.1) is 5.92 Å². The lowest BCUT2D eigenvalue weighted by atomic mass is 9.98. The van der Waals surface area contributed by atoms with Crippen LogP contribution in [0.3, 0.4) is 0 Å². The van der Waals surface area contributed by atoms with Crippen LogP contribution in [0.5, 0.6) is 0 Å². The molecule has 0 rings (SSSR count). The maximum atomic E-state index is 10.7. The molecule has 0 saturated carbocycles. The maximum absolute atomic E-state index is 10.7. The van der Waals surface area contributed by atoms with Crippen molar-refractivity contribution in [1.29, 1.82) is 0 Å². The van der Waals surface area contributed by atoms with Crippen molar-refractivity contribution < 1.29 is 9.90 Å². The number of rotatable bonds is 9. The molecule has 0 aliphatic rings. The first-order valence-corrected chi connectivity index (χ1v) is 6.21. The molecule has 0 aliphatic heterocycles. The molecule has 0 spiro atoms. The van der Waals surface area contributed by atoms with Gasteiger partial charge in [0.1, 0.15) is 5.78 Å². The summed E-state index contributed by atoms with van der Waals surface area (Å²) in [5, 5.41) is 9.29. The third-order valence-corrected chi connectivity index (χ3v) is 3.01. The van der Waals surface area contributed by atoms with E-state index in [4.69, 9.17) is 0 Å². The van der Waals surface area contributed by atoms with Crippen LogP contribution in [0.25, 0.3) is 0 Å². The van der Waals surface area contributed by atoms with Crippen molar-refractivity contribution in [3.8, 4) is 0 Å². The molecule has 2 heteroatoms. The summed E-state index contributed by atoms with van der Waals surface area (Å²) in [6.45, 7) is 5.61. The van der Waals surface area contributed by atoms with E-state index < -0.39 is 0 Å². The Morgan fingerprint density at radius 2 is 1.60 bits per heavy atom. The Bertz CT molecular complexity index is 164. The number of aliphatic hydroxyl groups excluding tert-OH is 1. The molecule has 0 unspecified atom stereocenters. The van der Waals surface area contributed by atoms with Crippen LogP contribution in [0.15, 0.2) is 0 Å². The molecule has 0 bridgehead atoms. The molecule has 2 nitrogen and oxygen atoms in total. The third kappa shape index (κ3) is 9.92. The minimum absolute atomic E-state index is 0.178. The summed E-state index contributed by atoms with van der Waals surface area (Å²) in [7, 11) is 0. The van der Waals surface area contributed by atoms with E-state index in [1.807, 2.05) is 6.92 Å². The van der Waals surface area contributed by atoms with E-state index in [0.29, 0.717) is 11.7 Å². The van der Waals surface area contributed by atoms with E-state index in [0.717, 1.165) is 19.3 Å². The highest BCUT2D eigenvalue weighted by molar-refractivity contribution is 5.75. The number of hydrogen-bond acceptors (Lipinski definition) is 2. The molecule has 1 N–H and O–H groups in total. The monoisotopic (exact) mass is 214 g/mol. The normalized spacial score (nSPS) is 14.9. The predicted molar refractivity (Wildman–Crippen MR) is 63.8 cm³/mol. The smallest absolute Gasteiger partial charge is 0.129 e. The molecule has 0 amide bonds. The number of aliphatic hydroxyl groups is 1. The van der Waals surface area contributed by atoms with Crippen LogP contribution >= 0.6 is 0 Å². The van der Waals surface area contributed by atoms with Gasteiger partial charge in [-0.3, -0.25) is 0 Å². The third-order valence-electron chi connectivity index (χ3n) is 3.01. The van der Waals surface area contributed by atoms with E-state index in [1.54, 1.807) is 6.92 Å². The summed E-state index contributed by atoms with van der Waals surface area (Å²) in [4.78, 5) is 10.7.